The van der Waals surface area contributed by atoms with Gasteiger partial charge in [-0.25, -0.2) is 4.98 Å². The van der Waals surface area contributed by atoms with Crippen molar-refractivity contribution < 1.29 is 9.53 Å². The van der Waals surface area contributed by atoms with Gasteiger partial charge in [0.05, 0.1) is 22.1 Å². The second-order valence-corrected chi connectivity index (χ2v) is 7.00. The van der Waals surface area contributed by atoms with Gasteiger partial charge in [-0.05, 0) is 37.5 Å². The number of nitrogens with zero attached hydrogens (tertiary/aromatic N) is 1. The molecule has 114 valence electrons. The summed E-state index contributed by atoms with van der Waals surface area (Å²) in [5.41, 5.74) is 12.3. The average molecular weight is 325 g/mol. The van der Waals surface area contributed by atoms with Crippen LogP contribution in [0.5, 0.6) is 0 Å². The molecule has 0 bridgehead atoms. The Hall–Kier alpha value is -1.31. The number of fused-ring (bicyclic) bond motifs is 1. The molecule has 1 aliphatic carbocycles. The van der Waals surface area contributed by atoms with Gasteiger partial charge in [0, 0.05) is 12.8 Å². The molecule has 3 rings (SSSR count). The fourth-order valence-corrected chi connectivity index (χ4v) is 3.58. The predicted molar refractivity (Wildman–Crippen MR) is 88.6 cm³/mol. The van der Waals surface area contributed by atoms with E-state index in [1.807, 2.05) is 18.2 Å². The van der Waals surface area contributed by atoms with Gasteiger partial charge in [-0.2, -0.15) is 0 Å². The Morgan fingerprint density at radius 3 is 2.81 bits per heavy atom. The van der Waals surface area contributed by atoms with Crippen molar-refractivity contribution in [1.82, 2.24) is 4.98 Å². The van der Waals surface area contributed by atoms with Crippen molar-refractivity contribution in [1.29, 1.82) is 0 Å². The summed E-state index contributed by atoms with van der Waals surface area (Å²) < 4.78 is 6.86. The second-order valence-electron chi connectivity index (χ2n) is 4.75. The Morgan fingerprint density at radius 1 is 1.52 bits per heavy atom. The summed E-state index contributed by atoms with van der Waals surface area (Å²) in [6.45, 7) is 0. The Kier molecular flexibility index (Phi) is 5.84. The zero-order valence-electron chi connectivity index (χ0n) is 11.9. The average Bonchev–Trinajstić information content (AvgIpc) is 2.77. The van der Waals surface area contributed by atoms with Gasteiger partial charge in [0.2, 0.25) is 5.91 Å². The molecular weight excluding hydrogens is 306 g/mol. The molecule has 1 amide bonds. The van der Waals surface area contributed by atoms with Crippen LogP contribution in [-0.4, -0.2) is 29.9 Å². The zero-order valence-corrected chi connectivity index (χ0v) is 13.5. The Morgan fingerprint density at radius 2 is 2.29 bits per heavy atom. The van der Waals surface area contributed by atoms with E-state index in [1.54, 1.807) is 7.11 Å². The Labute approximate surface area is 132 Å². The zero-order chi connectivity index (χ0) is 15.2. The highest BCUT2D eigenvalue weighted by Gasteiger charge is 2.14. The van der Waals surface area contributed by atoms with Gasteiger partial charge >= 0.3 is 0 Å². The number of benzene rings is 1. The van der Waals surface area contributed by atoms with Crippen LogP contribution in [0.15, 0.2) is 22.5 Å². The van der Waals surface area contributed by atoms with Crippen LogP contribution < -0.4 is 11.5 Å². The maximum Gasteiger partial charge on any atom is 0.227 e. The highest BCUT2D eigenvalue weighted by Crippen LogP contribution is 2.30. The normalized spacial score (nSPS) is 14.3. The van der Waals surface area contributed by atoms with E-state index in [0.717, 1.165) is 20.2 Å². The van der Waals surface area contributed by atoms with Gasteiger partial charge in [0.1, 0.15) is 0 Å². The largest absolute Gasteiger partial charge is 0.399 e. The van der Waals surface area contributed by atoms with Crippen LogP contribution in [0.25, 0.3) is 10.2 Å². The van der Waals surface area contributed by atoms with Gasteiger partial charge in [0.15, 0.2) is 4.34 Å². The van der Waals surface area contributed by atoms with Crippen LogP contribution in [0.4, 0.5) is 5.69 Å². The topological polar surface area (TPSA) is 91.2 Å². The number of primary amides is 1. The number of methoxy groups -OCH3 is 1. The molecule has 1 saturated carbocycles. The first kappa shape index (κ1) is 16.1. The molecule has 1 fully saturated rings. The van der Waals surface area contributed by atoms with Crippen LogP contribution in [0, 0.1) is 0 Å². The minimum Gasteiger partial charge on any atom is -0.399 e. The summed E-state index contributed by atoms with van der Waals surface area (Å²) in [5, 5.41) is 0. The molecule has 0 spiro atoms. The molecule has 1 aromatic carbocycles. The number of thiazole rings is 1. The van der Waals surface area contributed by atoms with E-state index in [-0.39, 0.29) is 11.7 Å². The van der Waals surface area contributed by atoms with E-state index >= 15 is 0 Å². The number of hydrogen-bond donors (Lipinski definition) is 2. The number of nitrogen functional groups attached to an aromatic ring is 1. The van der Waals surface area contributed by atoms with Crippen molar-refractivity contribution in [3.05, 3.63) is 18.2 Å². The third-order valence-corrected chi connectivity index (χ3v) is 5.30. The molecule has 7 heteroatoms. The molecule has 1 heterocycles. The van der Waals surface area contributed by atoms with E-state index in [1.165, 1.54) is 42.4 Å². The number of anilines is 1. The number of amides is 1. The monoisotopic (exact) mass is 325 g/mol. The van der Waals surface area contributed by atoms with Crippen molar-refractivity contribution in [2.24, 2.45) is 5.73 Å². The molecule has 2 aromatic rings. The maximum absolute atomic E-state index is 10.6. The van der Waals surface area contributed by atoms with Gasteiger partial charge in [-0.3, -0.25) is 4.79 Å². The number of ether oxygens (including phenoxy) is 1. The van der Waals surface area contributed by atoms with Crippen LogP contribution in [0.2, 0.25) is 0 Å². The lowest BCUT2D eigenvalue weighted by molar-refractivity contribution is -0.115. The maximum atomic E-state index is 10.6. The summed E-state index contributed by atoms with van der Waals surface area (Å²) >= 11 is 2.87. The SMILES string of the molecule is COC1CCC1.NC(=O)CSc1nc2ccc(N)cc2s1. The molecule has 0 saturated heterocycles. The summed E-state index contributed by atoms with van der Waals surface area (Å²) in [6, 6.07) is 5.56. The highest BCUT2D eigenvalue weighted by molar-refractivity contribution is 8.01. The molecule has 0 radical (unpaired) electrons. The fraction of sp³-hybridized carbons (Fsp3) is 0.429. The van der Waals surface area contributed by atoms with Crippen LogP contribution in [0.3, 0.4) is 0 Å². The van der Waals surface area contributed by atoms with E-state index < -0.39 is 0 Å². The number of carbonyl (C=O) groups is 1. The Bertz CT molecular complexity index is 609. The van der Waals surface area contributed by atoms with Crippen LogP contribution in [-0.2, 0) is 9.53 Å². The number of nitrogens with two attached hydrogens (primary N) is 2. The highest BCUT2D eigenvalue weighted by atomic mass is 32.2. The van der Waals surface area contributed by atoms with Crippen LogP contribution >= 0.6 is 23.1 Å². The lowest BCUT2D eigenvalue weighted by Gasteiger charge is -2.22. The molecule has 0 aliphatic heterocycles. The van der Waals surface area contributed by atoms with Gasteiger partial charge in [0.25, 0.3) is 0 Å². The standard InChI is InChI=1S/C9H9N3OS2.C5H10O/c10-5-1-2-6-7(3-5)15-9(12-6)14-4-8(11)13;1-6-5-3-2-4-5/h1-3H,4,10H2,(H2,11,13);5H,2-4H2,1H3. The number of rotatable bonds is 4. The number of carbonyl (C=O) groups excluding carboxylic acids is 1. The number of aromatic nitrogens is 1. The lowest BCUT2D eigenvalue weighted by atomic mass is 9.96. The van der Waals surface area contributed by atoms with Crippen LogP contribution in [0.1, 0.15) is 19.3 Å². The molecule has 1 aliphatic rings. The van der Waals surface area contributed by atoms with Crippen molar-refractivity contribution in [3.8, 4) is 0 Å². The number of hydrogen-bond acceptors (Lipinski definition) is 6. The fourth-order valence-electron chi connectivity index (χ4n) is 1.72. The first-order valence-corrected chi connectivity index (χ1v) is 8.48. The quantitative estimate of drug-likeness (QED) is 0.666. The number of thioether (sulfide) groups is 1. The van der Waals surface area contributed by atoms with Crippen molar-refractivity contribution in [2.75, 3.05) is 18.6 Å². The van der Waals surface area contributed by atoms with E-state index in [2.05, 4.69) is 4.98 Å². The van der Waals surface area contributed by atoms with Gasteiger partial charge in [-0.15, -0.1) is 11.3 Å². The van der Waals surface area contributed by atoms with E-state index in [4.69, 9.17) is 16.2 Å². The molecule has 1 aromatic heterocycles. The summed E-state index contributed by atoms with van der Waals surface area (Å²) in [7, 11) is 1.78. The summed E-state index contributed by atoms with van der Waals surface area (Å²) in [5.74, 6) is -0.0752. The van der Waals surface area contributed by atoms with E-state index in [9.17, 15) is 4.79 Å². The molecule has 0 atom stereocenters. The molecule has 0 unspecified atom stereocenters. The minimum absolute atomic E-state index is 0.259. The molecule has 4 N–H and O–H groups in total. The Balaban J connectivity index is 0.000000225. The third kappa shape index (κ3) is 4.87. The lowest BCUT2D eigenvalue weighted by Crippen LogP contribution is -2.18. The van der Waals surface area contributed by atoms with Crippen molar-refractivity contribution >= 4 is 44.9 Å². The third-order valence-electron chi connectivity index (χ3n) is 3.12. The van der Waals surface area contributed by atoms with Crippen molar-refractivity contribution in [2.45, 2.75) is 29.7 Å². The van der Waals surface area contributed by atoms with Gasteiger partial charge < -0.3 is 16.2 Å². The first-order valence-electron chi connectivity index (χ1n) is 6.68. The summed E-state index contributed by atoms with van der Waals surface area (Å²) in [6.07, 6.45) is 4.57. The molecular formula is C14H19N3O2S2. The first-order chi connectivity index (χ1) is 10.1. The van der Waals surface area contributed by atoms with Gasteiger partial charge in [-0.1, -0.05) is 11.8 Å². The second kappa shape index (κ2) is 7.63. The summed E-state index contributed by atoms with van der Waals surface area (Å²) in [4.78, 5) is 14.9. The van der Waals surface area contributed by atoms with E-state index in [0.29, 0.717) is 6.10 Å². The smallest absolute Gasteiger partial charge is 0.227 e. The predicted octanol–water partition coefficient (Wildman–Crippen LogP) is 2.64. The molecule has 5 nitrogen and oxygen atoms in total. The molecule has 21 heavy (non-hydrogen) atoms. The minimum atomic E-state index is -0.334. The van der Waals surface area contributed by atoms with Crippen molar-refractivity contribution in [3.63, 3.8) is 0 Å².